The average Bonchev–Trinajstić information content (AvgIpc) is 3.38. The second kappa shape index (κ2) is 8.10. The Morgan fingerprint density at radius 2 is 1.86 bits per heavy atom. The monoisotopic (exact) mass is 398 g/mol. The summed E-state index contributed by atoms with van der Waals surface area (Å²) in [6, 6.07) is 9.45. The van der Waals surface area contributed by atoms with Gasteiger partial charge in [0.15, 0.2) is 5.13 Å². The van der Waals surface area contributed by atoms with Gasteiger partial charge in [-0.25, -0.2) is 4.98 Å². The van der Waals surface area contributed by atoms with Crippen LogP contribution in [-0.2, 0) is 14.4 Å². The third-order valence-corrected chi connectivity index (χ3v) is 6.07. The van der Waals surface area contributed by atoms with Crippen molar-refractivity contribution >= 4 is 39.9 Å². The van der Waals surface area contributed by atoms with Crippen molar-refractivity contribution in [3.63, 3.8) is 0 Å². The highest BCUT2D eigenvalue weighted by molar-refractivity contribution is 7.13. The zero-order valence-electron chi connectivity index (χ0n) is 15.4. The van der Waals surface area contributed by atoms with Crippen LogP contribution in [0.2, 0.25) is 0 Å². The number of anilines is 2. The van der Waals surface area contributed by atoms with Crippen LogP contribution in [0.15, 0.2) is 41.9 Å². The van der Waals surface area contributed by atoms with Crippen molar-refractivity contribution in [2.45, 2.75) is 19.3 Å². The van der Waals surface area contributed by atoms with Crippen LogP contribution in [0.25, 0.3) is 0 Å². The van der Waals surface area contributed by atoms with Crippen LogP contribution in [0.4, 0.5) is 10.8 Å². The summed E-state index contributed by atoms with van der Waals surface area (Å²) in [5.41, 5.74) is 0.834. The van der Waals surface area contributed by atoms with Crippen molar-refractivity contribution in [1.29, 1.82) is 0 Å². The lowest BCUT2D eigenvalue weighted by molar-refractivity contribution is -0.138. The van der Waals surface area contributed by atoms with Crippen molar-refractivity contribution in [2.24, 2.45) is 11.8 Å². The largest absolute Gasteiger partial charge is 0.342 e. The summed E-state index contributed by atoms with van der Waals surface area (Å²) in [4.78, 5) is 45.2. The molecule has 3 heterocycles. The molecule has 0 radical (unpaired) electrons. The van der Waals surface area contributed by atoms with E-state index in [1.165, 1.54) is 11.3 Å². The number of carbonyl (C=O) groups is 3. The van der Waals surface area contributed by atoms with E-state index in [0.29, 0.717) is 37.6 Å². The molecule has 2 saturated heterocycles. The van der Waals surface area contributed by atoms with E-state index in [1.807, 2.05) is 35.7 Å². The molecule has 4 rings (SSSR count). The van der Waals surface area contributed by atoms with Gasteiger partial charge in [0, 0.05) is 49.2 Å². The number of hydrogen-bond donors (Lipinski definition) is 1. The molecule has 28 heavy (non-hydrogen) atoms. The van der Waals surface area contributed by atoms with Gasteiger partial charge in [0.1, 0.15) is 0 Å². The van der Waals surface area contributed by atoms with E-state index in [4.69, 9.17) is 0 Å². The van der Waals surface area contributed by atoms with E-state index in [0.717, 1.165) is 5.69 Å². The molecule has 0 bridgehead atoms. The van der Waals surface area contributed by atoms with E-state index < -0.39 is 0 Å². The second-order valence-corrected chi connectivity index (χ2v) is 8.06. The number of piperidine rings is 1. The number of para-hydroxylation sites is 1. The minimum Gasteiger partial charge on any atom is -0.342 e. The molecule has 1 aromatic heterocycles. The number of amides is 3. The van der Waals surface area contributed by atoms with Crippen LogP contribution >= 0.6 is 11.3 Å². The number of thiazole rings is 1. The molecule has 1 N–H and O–H groups in total. The topological polar surface area (TPSA) is 82.6 Å². The van der Waals surface area contributed by atoms with E-state index in [9.17, 15) is 14.4 Å². The van der Waals surface area contributed by atoms with Crippen molar-refractivity contribution in [3.05, 3.63) is 41.9 Å². The summed E-state index contributed by atoms with van der Waals surface area (Å²) in [7, 11) is 0. The SMILES string of the molecule is O=C(Nc1nccs1)C1CCN(C(=O)[C@@H]2CC(=O)N(c3ccccc3)C2)CC1. The predicted octanol–water partition coefficient (Wildman–Crippen LogP) is 2.37. The maximum absolute atomic E-state index is 12.9. The lowest BCUT2D eigenvalue weighted by Gasteiger charge is -2.32. The molecule has 2 aliphatic heterocycles. The molecule has 0 unspecified atom stereocenters. The van der Waals surface area contributed by atoms with Gasteiger partial charge < -0.3 is 15.1 Å². The first-order valence-corrected chi connectivity index (χ1v) is 10.3. The first-order chi connectivity index (χ1) is 13.6. The number of nitrogens with one attached hydrogen (secondary N) is 1. The number of nitrogens with zero attached hydrogens (tertiary/aromatic N) is 3. The molecule has 1 aromatic carbocycles. The third kappa shape index (κ3) is 3.91. The standard InChI is InChI=1S/C20H22N4O3S/c25-17-12-15(13-24(17)16-4-2-1-3-5-16)19(27)23-9-6-14(7-10-23)18(26)22-20-21-8-11-28-20/h1-5,8,11,14-15H,6-7,9-10,12-13H2,(H,21,22,26)/t15-/m1/s1. The van der Waals surface area contributed by atoms with E-state index in [2.05, 4.69) is 10.3 Å². The Hall–Kier alpha value is -2.74. The second-order valence-electron chi connectivity index (χ2n) is 7.17. The Morgan fingerprint density at radius 3 is 2.54 bits per heavy atom. The maximum Gasteiger partial charge on any atom is 0.229 e. The quantitative estimate of drug-likeness (QED) is 0.857. The number of likely N-dealkylation sites (tertiary alicyclic amines) is 1. The number of aromatic nitrogens is 1. The Labute approximate surface area is 167 Å². The minimum absolute atomic E-state index is 0.0118. The molecule has 2 aromatic rings. The Kier molecular flexibility index (Phi) is 5.38. The van der Waals surface area contributed by atoms with Crippen molar-refractivity contribution in [1.82, 2.24) is 9.88 Å². The molecular weight excluding hydrogens is 376 g/mol. The molecule has 1 atom stereocenters. The van der Waals surface area contributed by atoms with Gasteiger partial charge >= 0.3 is 0 Å². The zero-order chi connectivity index (χ0) is 19.5. The van der Waals surface area contributed by atoms with Gasteiger partial charge in [0.25, 0.3) is 0 Å². The third-order valence-electron chi connectivity index (χ3n) is 5.38. The fourth-order valence-corrected chi connectivity index (χ4v) is 4.38. The summed E-state index contributed by atoms with van der Waals surface area (Å²) < 4.78 is 0. The number of hydrogen-bond acceptors (Lipinski definition) is 5. The maximum atomic E-state index is 12.9. The van der Waals surface area contributed by atoms with Gasteiger partial charge in [0.2, 0.25) is 17.7 Å². The van der Waals surface area contributed by atoms with E-state index in [-0.39, 0.29) is 36.0 Å². The fourth-order valence-electron chi connectivity index (χ4n) is 3.84. The van der Waals surface area contributed by atoms with Gasteiger partial charge in [-0.15, -0.1) is 11.3 Å². The van der Waals surface area contributed by atoms with Crippen LogP contribution in [-0.4, -0.2) is 47.2 Å². The highest BCUT2D eigenvalue weighted by Crippen LogP contribution is 2.28. The van der Waals surface area contributed by atoms with Gasteiger partial charge in [0.05, 0.1) is 5.92 Å². The Balaban J connectivity index is 1.31. The average molecular weight is 398 g/mol. The van der Waals surface area contributed by atoms with Gasteiger partial charge in [-0.1, -0.05) is 18.2 Å². The Morgan fingerprint density at radius 1 is 1.11 bits per heavy atom. The normalized spacial score (nSPS) is 20.4. The molecule has 7 nitrogen and oxygen atoms in total. The summed E-state index contributed by atoms with van der Waals surface area (Å²) >= 11 is 1.39. The fraction of sp³-hybridized carbons (Fsp3) is 0.400. The van der Waals surface area contributed by atoms with Crippen LogP contribution in [0.5, 0.6) is 0 Å². The molecule has 2 fully saturated rings. The molecule has 8 heteroatoms. The van der Waals surface area contributed by atoms with Gasteiger partial charge in [-0.05, 0) is 25.0 Å². The highest BCUT2D eigenvalue weighted by Gasteiger charge is 2.38. The number of benzene rings is 1. The first-order valence-electron chi connectivity index (χ1n) is 9.46. The Bertz CT molecular complexity index is 848. The first kappa shape index (κ1) is 18.6. The number of carbonyl (C=O) groups excluding carboxylic acids is 3. The number of rotatable bonds is 4. The molecular formula is C20H22N4O3S. The molecule has 0 aliphatic carbocycles. The lowest BCUT2D eigenvalue weighted by atomic mass is 9.94. The molecule has 0 spiro atoms. The van der Waals surface area contributed by atoms with Gasteiger partial charge in [-0.3, -0.25) is 14.4 Å². The van der Waals surface area contributed by atoms with Crippen LogP contribution in [0.3, 0.4) is 0 Å². The molecule has 146 valence electrons. The highest BCUT2D eigenvalue weighted by atomic mass is 32.1. The lowest BCUT2D eigenvalue weighted by Crippen LogP contribution is -2.44. The van der Waals surface area contributed by atoms with Crippen LogP contribution < -0.4 is 10.2 Å². The molecule has 3 amide bonds. The van der Waals surface area contributed by atoms with E-state index in [1.54, 1.807) is 16.0 Å². The summed E-state index contributed by atoms with van der Waals surface area (Å²) in [5, 5.41) is 5.26. The van der Waals surface area contributed by atoms with Crippen LogP contribution in [0, 0.1) is 11.8 Å². The van der Waals surface area contributed by atoms with Crippen molar-refractivity contribution < 1.29 is 14.4 Å². The van der Waals surface area contributed by atoms with Gasteiger partial charge in [-0.2, -0.15) is 0 Å². The smallest absolute Gasteiger partial charge is 0.229 e. The van der Waals surface area contributed by atoms with Crippen molar-refractivity contribution in [2.75, 3.05) is 29.9 Å². The summed E-state index contributed by atoms with van der Waals surface area (Å²) in [6.07, 6.45) is 3.17. The van der Waals surface area contributed by atoms with Crippen molar-refractivity contribution in [3.8, 4) is 0 Å². The molecule has 0 saturated carbocycles. The zero-order valence-corrected chi connectivity index (χ0v) is 16.2. The minimum atomic E-state index is -0.312. The summed E-state index contributed by atoms with van der Waals surface area (Å²) in [5.74, 6) is -0.450. The van der Waals surface area contributed by atoms with E-state index >= 15 is 0 Å². The predicted molar refractivity (Wildman–Crippen MR) is 107 cm³/mol. The van der Waals surface area contributed by atoms with Crippen LogP contribution in [0.1, 0.15) is 19.3 Å². The molecule has 2 aliphatic rings. The summed E-state index contributed by atoms with van der Waals surface area (Å²) in [6.45, 7) is 1.52.